The molecule has 3 rings (SSSR count). The summed E-state index contributed by atoms with van der Waals surface area (Å²) in [4.78, 5) is 16.4. The van der Waals surface area contributed by atoms with Crippen LogP contribution in [0.3, 0.4) is 0 Å². The van der Waals surface area contributed by atoms with Crippen LogP contribution in [-0.2, 0) is 16.6 Å². The van der Waals surface area contributed by atoms with E-state index in [4.69, 9.17) is 0 Å². The Morgan fingerprint density at radius 2 is 1.81 bits per heavy atom. The molecule has 26 heavy (non-hydrogen) atoms. The molecular weight excluding hydrogens is 372 g/mol. The van der Waals surface area contributed by atoms with Gasteiger partial charge in [-0.15, -0.1) is 11.3 Å². The molecule has 0 N–H and O–H groups in total. The normalized spacial score (nSPS) is 16.2. The van der Waals surface area contributed by atoms with Crippen molar-refractivity contribution in [1.82, 2.24) is 19.0 Å². The molecule has 0 unspecified atom stereocenters. The molecule has 1 saturated heterocycles. The van der Waals surface area contributed by atoms with Crippen molar-refractivity contribution in [2.24, 2.45) is 0 Å². The second-order valence-electron chi connectivity index (χ2n) is 6.42. The molecule has 2 aromatic heterocycles. The van der Waals surface area contributed by atoms with Crippen LogP contribution in [-0.4, -0.2) is 59.5 Å². The lowest BCUT2D eigenvalue weighted by molar-refractivity contribution is 0.0702. The van der Waals surface area contributed by atoms with Crippen LogP contribution in [0.15, 0.2) is 17.0 Å². The number of carbonyl (C=O) groups excluding carboxylic acids is 1. The highest BCUT2D eigenvalue weighted by molar-refractivity contribution is 7.89. The molecule has 7 nitrogen and oxygen atoms in total. The number of nitrogens with zero attached hydrogens (tertiary/aromatic N) is 4. The third-order valence-electron chi connectivity index (χ3n) is 4.69. The number of amides is 1. The maximum absolute atomic E-state index is 13.1. The molecule has 0 radical (unpaired) electrons. The molecule has 0 bridgehead atoms. The Bertz CT molecular complexity index is 922. The van der Waals surface area contributed by atoms with Gasteiger partial charge < -0.3 is 4.90 Å². The van der Waals surface area contributed by atoms with Crippen molar-refractivity contribution in [2.75, 3.05) is 26.2 Å². The molecule has 0 spiro atoms. The molecule has 1 aliphatic rings. The summed E-state index contributed by atoms with van der Waals surface area (Å²) < 4.78 is 29.3. The van der Waals surface area contributed by atoms with Crippen molar-refractivity contribution in [2.45, 2.75) is 39.1 Å². The van der Waals surface area contributed by atoms with Crippen LogP contribution < -0.4 is 0 Å². The first-order valence-corrected chi connectivity index (χ1v) is 10.9. The summed E-state index contributed by atoms with van der Waals surface area (Å²) in [5, 5.41) is 4.32. The van der Waals surface area contributed by atoms with Crippen molar-refractivity contribution < 1.29 is 13.2 Å². The monoisotopic (exact) mass is 396 g/mol. The number of hydrogen-bond acceptors (Lipinski definition) is 5. The Labute approximate surface area is 158 Å². The molecule has 2 aromatic rings. The summed E-state index contributed by atoms with van der Waals surface area (Å²) in [5.41, 5.74) is 1.19. The van der Waals surface area contributed by atoms with Gasteiger partial charge in [-0.25, -0.2) is 8.42 Å². The molecular formula is C17H24N4O3S2. The van der Waals surface area contributed by atoms with Crippen molar-refractivity contribution in [1.29, 1.82) is 0 Å². The van der Waals surface area contributed by atoms with E-state index >= 15 is 0 Å². The Kier molecular flexibility index (Phi) is 5.23. The van der Waals surface area contributed by atoms with Gasteiger partial charge in [-0.05, 0) is 39.8 Å². The lowest BCUT2D eigenvalue weighted by atomic mass is 10.3. The van der Waals surface area contributed by atoms with E-state index in [1.165, 1.54) is 15.6 Å². The lowest BCUT2D eigenvalue weighted by Crippen LogP contribution is -2.50. The number of sulfonamides is 1. The van der Waals surface area contributed by atoms with Gasteiger partial charge in [0.15, 0.2) is 0 Å². The molecule has 142 valence electrons. The molecule has 1 fully saturated rings. The first-order chi connectivity index (χ1) is 12.3. The topological polar surface area (TPSA) is 75.5 Å². The fourth-order valence-electron chi connectivity index (χ4n) is 3.33. The summed E-state index contributed by atoms with van der Waals surface area (Å²) in [6, 6.07) is 3.76. The van der Waals surface area contributed by atoms with Gasteiger partial charge in [0, 0.05) is 37.6 Å². The zero-order chi connectivity index (χ0) is 19.1. The summed E-state index contributed by atoms with van der Waals surface area (Å²) in [6.07, 6.45) is 0. The van der Waals surface area contributed by atoms with Crippen molar-refractivity contribution in [3.8, 4) is 0 Å². The van der Waals surface area contributed by atoms with Gasteiger partial charge in [0.1, 0.15) is 4.90 Å². The molecule has 3 heterocycles. The maximum atomic E-state index is 13.1. The zero-order valence-corrected chi connectivity index (χ0v) is 17.2. The highest BCUT2D eigenvalue weighted by Crippen LogP contribution is 2.25. The van der Waals surface area contributed by atoms with Gasteiger partial charge in [-0.1, -0.05) is 0 Å². The highest BCUT2D eigenvalue weighted by Gasteiger charge is 2.34. The van der Waals surface area contributed by atoms with Crippen LogP contribution in [0.1, 0.15) is 32.9 Å². The highest BCUT2D eigenvalue weighted by atomic mass is 32.2. The second-order valence-corrected chi connectivity index (χ2v) is 9.58. The first kappa shape index (κ1) is 19.1. The Morgan fingerprint density at radius 1 is 1.15 bits per heavy atom. The van der Waals surface area contributed by atoms with Crippen LogP contribution in [0.2, 0.25) is 0 Å². The summed E-state index contributed by atoms with van der Waals surface area (Å²) in [5.74, 6) is -0.0219. The van der Waals surface area contributed by atoms with E-state index in [0.717, 1.165) is 4.88 Å². The van der Waals surface area contributed by atoms with Crippen LogP contribution in [0.25, 0.3) is 0 Å². The number of rotatable bonds is 4. The number of hydrogen-bond donors (Lipinski definition) is 0. The zero-order valence-electron chi connectivity index (χ0n) is 15.5. The molecule has 0 atom stereocenters. The second kappa shape index (κ2) is 7.13. The molecule has 0 aromatic carbocycles. The van der Waals surface area contributed by atoms with Gasteiger partial charge in [-0.2, -0.15) is 9.40 Å². The van der Waals surface area contributed by atoms with Crippen molar-refractivity contribution >= 4 is 27.3 Å². The van der Waals surface area contributed by atoms with Gasteiger partial charge in [0.2, 0.25) is 10.0 Å². The number of piperazine rings is 1. The van der Waals surface area contributed by atoms with Crippen LogP contribution in [0.5, 0.6) is 0 Å². The van der Waals surface area contributed by atoms with E-state index in [9.17, 15) is 13.2 Å². The number of carbonyl (C=O) groups is 1. The Hall–Kier alpha value is -1.71. The number of thiophene rings is 1. The lowest BCUT2D eigenvalue weighted by Gasteiger charge is -2.33. The predicted molar refractivity (Wildman–Crippen MR) is 101 cm³/mol. The molecule has 0 saturated carbocycles. The fourth-order valence-corrected chi connectivity index (χ4v) is 5.96. The van der Waals surface area contributed by atoms with Gasteiger partial charge in [-0.3, -0.25) is 9.48 Å². The molecule has 9 heteroatoms. The third-order valence-corrected chi connectivity index (χ3v) is 7.83. The fraction of sp³-hybridized carbons (Fsp3) is 0.529. The predicted octanol–water partition coefficient (Wildman–Crippen LogP) is 2.04. The van der Waals surface area contributed by atoms with E-state index in [1.807, 2.05) is 26.0 Å². The number of aromatic nitrogens is 2. The standard InChI is InChI=1S/C17H24N4O3S2/c1-5-21-14(4)16(13(3)18-21)26(23,24)20-10-8-19(9-11-20)17(22)15-7-6-12(2)25-15/h6-7H,5,8-11H2,1-4H3. The first-order valence-electron chi connectivity index (χ1n) is 8.65. The summed E-state index contributed by atoms with van der Waals surface area (Å²) in [6.45, 7) is 9.44. The third kappa shape index (κ3) is 3.30. The van der Waals surface area contributed by atoms with E-state index in [-0.39, 0.29) is 5.91 Å². The van der Waals surface area contributed by atoms with E-state index in [0.29, 0.717) is 53.9 Å². The molecule has 1 amide bonds. The van der Waals surface area contributed by atoms with Gasteiger partial charge >= 0.3 is 0 Å². The van der Waals surface area contributed by atoms with Crippen LogP contribution >= 0.6 is 11.3 Å². The van der Waals surface area contributed by atoms with Crippen molar-refractivity contribution in [3.05, 3.63) is 33.3 Å². The maximum Gasteiger partial charge on any atom is 0.264 e. The Balaban J connectivity index is 1.75. The minimum atomic E-state index is -3.61. The van der Waals surface area contributed by atoms with Crippen LogP contribution in [0, 0.1) is 20.8 Å². The molecule has 1 aliphatic heterocycles. The van der Waals surface area contributed by atoms with Crippen LogP contribution in [0.4, 0.5) is 0 Å². The average molecular weight is 397 g/mol. The van der Waals surface area contributed by atoms with Gasteiger partial charge in [0.25, 0.3) is 5.91 Å². The van der Waals surface area contributed by atoms with E-state index < -0.39 is 10.0 Å². The Morgan fingerprint density at radius 3 is 2.31 bits per heavy atom. The minimum absolute atomic E-state index is 0.0219. The van der Waals surface area contributed by atoms with E-state index in [1.54, 1.807) is 23.4 Å². The largest absolute Gasteiger partial charge is 0.335 e. The van der Waals surface area contributed by atoms with E-state index in [2.05, 4.69) is 5.10 Å². The van der Waals surface area contributed by atoms with Gasteiger partial charge in [0.05, 0.1) is 16.3 Å². The quantitative estimate of drug-likeness (QED) is 0.793. The summed E-state index contributed by atoms with van der Waals surface area (Å²) >= 11 is 1.47. The smallest absolute Gasteiger partial charge is 0.264 e. The molecule has 0 aliphatic carbocycles. The SMILES string of the molecule is CCn1nc(C)c(S(=O)(=O)N2CCN(C(=O)c3ccc(C)s3)CC2)c1C. The minimum Gasteiger partial charge on any atom is -0.335 e. The number of aryl methyl sites for hydroxylation is 3. The summed E-state index contributed by atoms with van der Waals surface area (Å²) in [7, 11) is -3.61. The van der Waals surface area contributed by atoms with Crippen molar-refractivity contribution in [3.63, 3.8) is 0 Å². The average Bonchev–Trinajstić information content (AvgIpc) is 3.17.